The second-order valence-electron chi connectivity index (χ2n) is 20.9. The van der Waals surface area contributed by atoms with Crippen LogP contribution in [-0.4, -0.2) is 37.2 Å². The fourth-order valence-corrected chi connectivity index (χ4v) is 8.67. The third-order valence-electron chi connectivity index (χ3n) is 13.5. The summed E-state index contributed by atoms with van der Waals surface area (Å²) in [5, 5.41) is 0. The highest BCUT2D eigenvalue weighted by Crippen LogP contribution is 2.16. The summed E-state index contributed by atoms with van der Waals surface area (Å²) in [4.78, 5) is 38.3. The lowest BCUT2D eigenvalue weighted by molar-refractivity contribution is -0.167. The van der Waals surface area contributed by atoms with E-state index in [-0.39, 0.29) is 31.1 Å². The van der Waals surface area contributed by atoms with Gasteiger partial charge in [-0.05, 0) is 116 Å². The molecule has 0 N–H and O–H groups in total. The van der Waals surface area contributed by atoms with Crippen molar-refractivity contribution in [3.05, 3.63) is 122 Å². The number of allylic oxidation sites excluding steroid dienone is 20. The van der Waals surface area contributed by atoms with E-state index in [4.69, 9.17) is 14.2 Å². The van der Waals surface area contributed by atoms with Crippen LogP contribution in [0.2, 0.25) is 0 Å². The zero-order valence-corrected chi connectivity index (χ0v) is 50.2. The number of ether oxygens (including phenoxy) is 3. The molecule has 0 rings (SSSR count). The van der Waals surface area contributed by atoms with E-state index in [2.05, 4.69) is 142 Å². The highest BCUT2D eigenvalue weighted by molar-refractivity contribution is 5.71. The first-order chi connectivity index (χ1) is 38.0. The molecule has 77 heavy (non-hydrogen) atoms. The lowest BCUT2D eigenvalue weighted by atomic mass is 10.0. The van der Waals surface area contributed by atoms with Crippen molar-refractivity contribution in [2.45, 2.75) is 297 Å². The topological polar surface area (TPSA) is 78.9 Å². The fraction of sp³-hybridized carbons (Fsp3) is 0.676. The standard InChI is InChI=1S/C71H118O6/c1-4-7-10-13-16-19-22-25-28-30-32-33-34-35-36-37-39-40-43-46-49-52-55-58-61-64-70(73)76-67-68(66-75-69(72)63-60-57-54-51-48-45-42-27-24-21-18-15-12-9-6-3)77-71(74)65-62-59-56-53-50-47-44-41-38-31-29-26-23-20-17-14-11-8-5-2/h7,10,16-17,19-20,25-26,28-29,32-33,35-36,38-41,46,49,68H,4-6,8-9,11-15,18,21-24,27,30-31,34,37,42-45,47-48,50-67H2,1-3H3/b10-7-,19-16-,20-17-,28-25-,29-26-,33-32-,36-35-,40-39-,41-38-,49-46-. The van der Waals surface area contributed by atoms with Crippen LogP contribution in [-0.2, 0) is 28.6 Å². The zero-order chi connectivity index (χ0) is 55.7. The molecule has 0 heterocycles. The van der Waals surface area contributed by atoms with E-state index in [9.17, 15) is 14.4 Å². The molecule has 438 valence electrons. The third-order valence-corrected chi connectivity index (χ3v) is 13.5. The Morgan fingerprint density at radius 3 is 0.831 bits per heavy atom. The highest BCUT2D eigenvalue weighted by Gasteiger charge is 2.19. The molecule has 1 atom stereocenters. The van der Waals surface area contributed by atoms with Crippen molar-refractivity contribution >= 4 is 17.9 Å². The SMILES string of the molecule is CC/C=C\C/C=C\C/C=C\C/C=C\C/C=C\C/C=C\C/C=C\CCCCCC(=O)OCC(COC(=O)CCCCCCCCCCCCCCCCC)OC(=O)CCCCCCCC/C=C\C/C=C\C/C=C\CCCCC. The van der Waals surface area contributed by atoms with Gasteiger partial charge in [0.05, 0.1) is 0 Å². The van der Waals surface area contributed by atoms with Gasteiger partial charge in [-0.25, -0.2) is 0 Å². The summed E-state index contributed by atoms with van der Waals surface area (Å²) in [6.07, 6.45) is 89.1. The van der Waals surface area contributed by atoms with Crippen molar-refractivity contribution in [2.75, 3.05) is 13.2 Å². The summed E-state index contributed by atoms with van der Waals surface area (Å²) >= 11 is 0. The quantitative estimate of drug-likeness (QED) is 0.0261. The van der Waals surface area contributed by atoms with Crippen LogP contribution in [0.15, 0.2) is 122 Å². The van der Waals surface area contributed by atoms with Gasteiger partial charge in [-0.3, -0.25) is 14.4 Å². The van der Waals surface area contributed by atoms with Crippen LogP contribution >= 0.6 is 0 Å². The number of carbonyl (C=O) groups excluding carboxylic acids is 3. The molecule has 0 aromatic heterocycles. The molecule has 0 aliphatic heterocycles. The highest BCUT2D eigenvalue weighted by atomic mass is 16.6. The predicted molar refractivity (Wildman–Crippen MR) is 334 cm³/mol. The smallest absolute Gasteiger partial charge is 0.306 e. The van der Waals surface area contributed by atoms with Crippen molar-refractivity contribution in [1.82, 2.24) is 0 Å². The van der Waals surface area contributed by atoms with E-state index < -0.39 is 6.10 Å². The predicted octanol–water partition coefficient (Wildman–Crippen LogP) is 22.0. The Labute approximate surface area is 475 Å². The first kappa shape index (κ1) is 72.8. The molecule has 0 fully saturated rings. The minimum absolute atomic E-state index is 0.0945. The maximum Gasteiger partial charge on any atom is 0.306 e. The molecule has 0 aliphatic carbocycles. The van der Waals surface area contributed by atoms with Gasteiger partial charge in [0.15, 0.2) is 6.10 Å². The lowest BCUT2D eigenvalue weighted by Gasteiger charge is -2.18. The van der Waals surface area contributed by atoms with Gasteiger partial charge in [0, 0.05) is 19.3 Å². The Balaban J connectivity index is 4.47. The van der Waals surface area contributed by atoms with E-state index in [0.717, 1.165) is 135 Å². The molecule has 0 radical (unpaired) electrons. The van der Waals surface area contributed by atoms with Crippen molar-refractivity contribution < 1.29 is 28.6 Å². The molecule has 0 aromatic carbocycles. The Morgan fingerprint density at radius 2 is 0.506 bits per heavy atom. The molecule has 0 amide bonds. The van der Waals surface area contributed by atoms with Crippen LogP contribution in [0.3, 0.4) is 0 Å². The van der Waals surface area contributed by atoms with Gasteiger partial charge in [0.25, 0.3) is 0 Å². The minimum Gasteiger partial charge on any atom is -0.462 e. The normalized spacial score (nSPS) is 12.9. The Kier molecular flexibility index (Phi) is 60.8. The monoisotopic (exact) mass is 1070 g/mol. The maximum absolute atomic E-state index is 12.9. The fourth-order valence-electron chi connectivity index (χ4n) is 8.67. The van der Waals surface area contributed by atoms with Crippen molar-refractivity contribution in [3.8, 4) is 0 Å². The largest absolute Gasteiger partial charge is 0.462 e. The van der Waals surface area contributed by atoms with Crippen LogP contribution in [0.4, 0.5) is 0 Å². The van der Waals surface area contributed by atoms with E-state index in [1.165, 1.54) is 116 Å². The second kappa shape index (κ2) is 64.3. The van der Waals surface area contributed by atoms with E-state index in [1.807, 2.05) is 0 Å². The molecule has 6 heteroatoms. The number of rotatable bonds is 57. The van der Waals surface area contributed by atoms with Crippen LogP contribution in [0.1, 0.15) is 290 Å². The zero-order valence-electron chi connectivity index (χ0n) is 50.2. The summed E-state index contributed by atoms with van der Waals surface area (Å²) in [5.74, 6) is -0.935. The van der Waals surface area contributed by atoms with Crippen LogP contribution in [0.5, 0.6) is 0 Å². The molecule has 0 bridgehead atoms. The Bertz CT molecular complexity index is 1600. The third kappa shape index (κ3) is 62.5. The van der Waals surface area contributed by atoms with E-state index in [1.54, 1.807) is 0 Å². The van der Waals surface area contributed by atoms with Gasteiger partial charge < -0.3 is 14.2 Å². The van der Waals surface area contributed by atoms with Crippen molar-refractivity contribution in [1.29, 1.82) is 0 Å². The van der Waals surface area contributed by atoms with Crippen molar-refractivity contribution in [3.63, 3.8) is 0 Å². The van der Waals surface area contributed by atoms with E-state index >= 15 is 0 Å². The Hall–Kier alpha value is -4.19. The van der Waals surface area contributed by atoms with E-state index in [0.29, 0.717) is 19.3 Å². The number of hydrogen-bond acceptors (Lipinski definition) is 6. The van der Waals surface area contributed by atoms with Gasteiger partial charge in [0.1, 0.15) is 13.2 Å². The van der Waals surface area contributed by atoms with Gasteiger partial charge in [-0.15, -0.1) is 0 Å². The average Bonchev–Trinajstić information content (AvgIpc) is 3.43. The molecule has 6 nitrogen and oxygen atoms in total. The van der Waals surface area contributed by atoms with Crippen LogP contribution < -0.4 is 0 Å². The molecule has 0 aromatic rings. The maximum atomic E-state index is 12.9. The number of hydrogen-bond donors (Lipinski definition) is 0. The first-order valence-electron chi connectivity index (χ1n) is 32.0. The molecule has 0 spiro atoms. The van der Waals surface area contributed by atoms with Gasteiger partial charge in [-0.2, -0.15) is 0 Å². The first-order valence-corrected chi connectivity index (χ1v) is 32.0. The molecule has 0 aliphatic rings. The number of carbonyl (C=O) groups is 3. The summed E-state index contributed by atoms with van der Waals surface area (Å²) in [5.41, 5.74) is 0. The second-order valence-corrected chi connectivity index (χ2v) is 20.9. The molecular weight excluding hydrogens is 949 g/mol. The summed E-state index contributed by atoms with van der Waals surface area (Å²) in [7, 11) is 0. The average molecular weight is 1070 g/mol. The summed E-state index contributed by atoms with van der Waals surface area (Å²) < 4.78 is 16.9. The Morgan fingerprint density at radius 1 is 0.273 bits per heavy atom. The number of unbranched alkanes of at least 4 members (excludes halogenated alkanes) is 26. The molecule has 0 saturated carbocycles. The van der Waals surface area contributed by atoms with Crippen LogP contribution in [0, 0.1) is 0 Å². The van der Waals surface area contributed by atoms with Gasteiger partial charge in [-0.1, -0.05) is 277 Å². The van der Waals surface area contributed by atoms with Crippen LogP contribution in [0.25, 0.3) is 0 Å². The molecular formula is C71H118O6. The summed E-state index contributed by atoms with van der Waals surface area (Å²) in [6.45, 7) is 6.48. The van der Waals surface area contributed by atoms with Gasteiger partial charge >= 0.3 is 17.9 Å². The lowest BCUT2D eigenvalue weighted by Crippen LogP contribution is -2.30. The van der Waals surface area contributed by atoms with Crippen molar-refractivity contribution in [2.24, 2.45) is 0 Å². The minimum atomic E-state index is -0.802. The number of esters is 3. The van der Waals surface area contributed by atoms with Gasteiger partial charge in [0.2, 0.25) is 0 Å². The molecule has 1 unspecified atom stereocenters. The summed E-state index contributed by atoms with van der Waals surface area (Å²) in [6, 6.07) is 0. The molecule has 0 saturated heterocycles.